The third-order valence-electron chi connectivity index (χ3n) is 4.15. The lowest BCUT2D eigenvalue weighted by molar-refractivity contribution is 0.389. The molecule has 0 unspecified atom stereocenters. The van der Waals surface area contributed by atoms with Crippen LogP contribution in [0.1, 0.15) is 90.2 Å². The fourth-order valence-electron chi connectivity index (χ4n) is 2.91. The lowest BCUT2D eigenvalue weighted by atomic mass is 10.0. The highest BCUT2D eigenvalue weighted by Crippen LogP contribution is 2.38. The van der Waals surface area contributed by atoms with Crippen molar-refractivity contribution in [2.75, 3.05) is 11.5 Å². The average molecular weight is 357 g/mol. The molecule has 0 aliphatic carbocycles. The molecule has 23 heavy (non-hydrogen) atoms. The first-order valence-electron chi connectivity index (χ1n) is 9.68. The molecule has 0 aliphatic rings. The molecule has 1 rings (SSSR count). The normalized spacial score (nSPS) is 11.3. The lowest BCUT2D eigenvalue weighted by Crippen LogP contribution is -1.95. The van der Waals surface area contributed by atoms with Crippen LogP contribution in [0.15, 0.2) is 14.6 Å². The summed E-state index contributed by atoms with van der Waals surface area (Å²) in [5.41, 5.74) is 3.08. The molecule has 0 radical (unpaired) electrons. The van der Waals surface area contributed by atoms with Gasteiger partial charge in [0.25, 0.3) is 0 Å². The van der Waals surface area contributed by atoms with Gasteiger partial charge in [-0.05, 0) is 37.2 Å². The van der Waals surface area contributed by atoms with Crippen LogP contribution in [0.25, 0.3) is 0 Å². The Morgan fingerprint density at radius 1 is 0.609 bits per heavy atom. The van der Waals surface area contributed by atoms with Gasteiger partial charge in [-0.3, -0.25) is 0 Å². The maximum absolute atomic E-state index is 6.27. The van der Waals surface area contributed by atoms with Crippen LogP contribution in [0.3, 0.4) is 0 Å². The summed E-state index contributed by atoms with van der Waals surface area (Å²) in [5, 5.41) is 2.43. The van der Waals surface area contributed by atoms with E-state index in [9.17, 15) is 0 Å². The van der Waals surface area contributed by atoms with E-state index in [0.717, 1.165) is 11.5 Å². The molecule has 1 nitrogen and oxygen atoms in total. The first-order valence-corrected chi connectivity index (χ1v) is 11.7. The van der Waals surface area contributed by atoms with Crippen molar-refractivity contribution in [3.05, 3.63) is 11.1 Å². The summed E-state index contributed by atoms with van der Waals surface area (Å²) in [4.78, 5) is 0. The van der Waals surface area contributed by atoms with Gasteiger partial charge in [-0.2, -0.15) is 0 Å². The maximum atomic E-state index is 6.27. The minimum absolute atomic E-state index is 1.10. The number of rotatable bonds is 14. The molecule has 0 aromatic carbocycles. The van der Waals surface area contributed by atoms with E-state index in [2.05, 4.69) is 27.7 Å². The van der Waals surface area contributed by atoms with Gasteiger partial charge in [0.2, 0.25) is 0 Å². The predicted molar refractivity (Wildman–Crippen MR) is 107 cm³/mol. The highest BCUT2D eigenvalue weighted by atomic mass is 32.2. The van der Waals surface area contributed by atoms with Gasteiger partial charge in [0.15, 0.2) is 10.2 Å². The van der Waals surface area contributed by atoms with Crippen molar-refractivity contribution in [2.45, 2.75) is 102 Å². The minimum Gasteiger partial charge on any atom is -0.443 e. The maximum Gasteiger partial charge on any atom is 0.165 e. The van der Waals surface area contributed by atoms with Gasteiger partial charge < -0.3 is 4.42 Å². The highest BCUT2D eigenvalue weighted by Gasteiger charge is 2.19. The molecule has 1 aromatic rings. The zero-order valence-corrected chi connectivity index (χ0v) is 17.3. The van der Waals surface area contributed by atoms with Crippen molar-refractivity contribution in [3.8, 4) is 0 Å². The molecule has 0 atom stereocenters. The summed E-state index contributed by atoms with van der Waals surface area (Å²) in [7, 11) is 0. The SMILES string of the molecule is CCCCCCc1c(SCC)oc(SCC)c1CCCCCC. The van der Waals surface area contributed by atoms with Gasteiger partial charge in [0, 0.05) is 11.1 Å². The zero-order valence-electron chi connectivity index (χ0n) is 15.7. The standard InChI is InChI=1S/C20H36OS2/c1-5-9-11-13-15-17-18(16-14-12-10-6-2)20(23-8-4)21-19(17)22-7-3/h5-16H2,1-4H3. The van der Waals surface area contributed by atoms with Gasteiger partial charge in [-0.25, -0.2) is 0 Å². The predicted octanol–water partition coefficient (Wildman–Crippen LogP) is 7.75. The van der Waals surface area contributed by atoms with E-state index in [1.54, 1.807) is 11.1 Å². The van der Waals surface area contributed by atoms with Gasteiger partial charge in [0.05, 0.1) is 0 Å². The van der Waals surface area contributed by atoms with E-state index >= 15 is 0 Å². The molecule has 0 aliphatic heterocycles. The second-order valence-electron chi connectivity index (χ2n) is 6.12. The van der Waals surface area contributed by atoms with Crippen LogP contribution in [-0.4, -0.2) is 11.5 Å². The number of hydrogen-bond donors (Lipinski definition) is 0. The Bertz CT molecular complexity index is 376. The summed E-state index contributed by atoms with van der Waals surface area (Å²) in [5.74, 6) is 2.20. The quantitative estimate of drug-likeness (QED) is 0.250. The van der Waals surface area contributed by atoms with E-state index in [-0.39, 0.29) is 0 Å². The second kappa shape index (κ2) is 13.3. The average Bonchev–Trinajstić information content (AvgIpc) is 2.86. The van der Waals surface area contributed by atoms with Crippen molar-refractivity contribution in [3.63, 3.8) is 0 Å². The van der Waals surface area contributed by atoms with Crippen molar-refractivity contribution >= 4 is 23.5 Å². The van der Waals surface area contributed by atoms with Gasteiger partial charge in [-0.1, -0.05) is 89.7 Å². The van der Waals surface area contributed by atoms with Crippen LogP contribution < -0.4 is 0 Å². The van der Waals surface area contributed by atoms with Gasteiger partial charge in [-0.15, -0.1) is 0 Å². The molecule has 134 valence electrons. The molecule has 1 aromatic heterocycles. The molecule has 0 spiro atoms. The Morgan fingerprint density at radius 2 is 1.04 bits per heavy atom. The summed E-state index contributed by atoms with van der Waals surface area (Å²) in [6.07, 6.45) is 13.1. The molecule has 0 N–H and O–H groups in total. The molecule has 0 saturated carbocycles. The molecule has 0 amide bonds. The van der Waals surface area contributed by atoms with Crippen LogP contribution in [0, 0.1) is 0 Å². The van der Waals surface area contributed by atoms with E-state index in [0.29, 0.717) is 0 Å². The molecule has 0 bridgehead atoms. The van der Waals surface area contributed by atoms with E-state index in [4.69, 9.17) is 4.42 Å². The Hall–Kier alpha value is -0.0200. The van der Waals surface area contributed by atoms with Crippen molar-refractivity contribution < 1.29 is 4.42 Å². The fraction of sp³-hybridized carbons (Fsp3) is 0.800. The van der Waals surface area contributed by atoms with E-state index in [1.807, 2.05) is 23.5 Å². The molecular weight excluding hydrogens is 320 g/mol. The van der Waals surface area contributed by atoms with Gasteiger partial charge >= 0.3 is 0 Å². The second-order valence-corrected chi connectivity index (χ2v) is 8.60. The first-order chi connectivity index (χ1) is 11.3. The molecule has 1 heterocycles. The van der Waals surface area contributed by atoms with Crippen LogP contribution >= 0.6 is 23.5 Å². The van der Waals surface area contributed by atoms with Crippen LogP contribution in [0.4, 0.5) is 0 Å². The Morgan fingerprint density at radius 3 is 1.39 bits per heavy atom. The largest absolute Gasteiger partial charge is 0.443 e. The van der Waals surface area contributed by atoms with Crippen molar-refractivity contribution in [1.29, 1.82) is 0 Å². The summed E-state index contributed by atoms with van der Waals surface area (Å²) in [6.45, 7) is 9.01. The molecular formula is C20H36OS2. The minimum atomic E-state index is 1.10. The third kappa shape index (κ3) is 7.60. The summed E-state index contributed by atoms with van der Waals surface area (Å²) < 4.78 is 6.27. The number of unbranched alkanes of at least 4 members (excludes halogenated alkanes) is 6. The molecule has 3 heteroatoms. The van der Waals surface area contributed by atoms with Crippen molar-refractivity contribution in [2.24, 2.45) is 0 Å². The van der Waals surface area contributed by atoms with Crippen molar-refractivity contribution in [1.82, 2.24) is 0 Å². The van der Waals surface area contributed by atoms with Crippen LogP contribution in [-0.2, 0) is 12.8 Å². The summed E-state index contributed by atoms with van der Waals surface area (Å²) in [6, 6.07) is 0. The van der Waals surface area contributed by atoms with Gasteiger partial charge in [0.1, 0.15) is 0 Å². The number of furan rings is 1. The monoisotopic (exact) mass is 356 g/mol. The highest BCUT2D eigenvalue weighted by molar-refractivity contribution is 7.99. The van der Waals surface area contributed by atoms with Crippen LogP contribution in [0.2, 0.25) is 0 Å². The first kappa shape index (κ1) is 21.0. The van der Waals surface area contributed by atoms with E-state index in [1.165, 1.54) is 74.4 Å². The molecule has 0 saturated heterocycles. The third-order valence-corrected chi connectivity index (χ3v) is 5.92. The Balaban J connectivity index is 2.84. The Kier molecular flexibility index (Phi) is 12.1. The number of thioether (sulfide) groups is 2. The summed E-state index contributed by atoms with van der Waals surface area (Å²) >= 11 is 3.78. The topological polar surface area (TPSA) is 13.1 Å². The zero-order chi connectivity index (χ0) is 16.9. The number of hydrogen-bond acceptors (Lipinski definition) is 3. The smallest absolute Gasteiger partial charge is 0.165 e. The lowest BCUT2D eigenvalue weighted by Gasteiger charge is -2.07. The van der Waals surface area contributed by atoms with Crippen LogP contribution in [0.5, 0.6) is 0 Å². The Labute approximate surface area is 152 Å². The fourth-order valence-corrected chi connectivity index (χ4v) is 4.57. The molecule has 0 fully saturated rings. The van der Waals surface area contributed by atoms with E-state index < -0.39 is 0 Å².